The monoisotopic (exact) mass is 459 g/mol. The van der Waals surface area contributed by atoms with Crippen LogP contribution in [-0.2, 0) is 6.54 Å². The molecule has 33 heavy (non-hydrogen) atoms. The summed E-state index contributed by atoms with van der Waals surface area (Å²) in [4.78, 5) is 55.6. The molecule has 0 bridgehead atoms. The maximum atomic E-state index is 12.9. The first-order valence-electron chi connectivity index (χ1n) is 10.3. The lowest BCUT2D eigenvalue weighted by molar-refractivity contribution is 0.0380. The topological polar surface area (TPSA) is 78.0 Å². The van der Waals surface area contributed by atoms with Crippen LogP contribution in [0.25, 0.3) is 0 Å². The van der Waals surface area contributed by atoms with Gasteiger partial charge in [-0.2, -0.15) is 0 Å². The molecule has 0 spiro atoms. The van der Waals surface area contributed by atoms with Gasteiger partial charge in [0.1, 0.15) is 0 Å². The van der Waals surface area contributed by atoms with Gasteiger partial charge >= 0.3 is 0 Å². The van der Waals surface area contributed by atoms with Gasteiger partial charge in [0.15, 0.2) is 0 Å². The Morgan fingerprint density at radius 2 is 1.03 bits per heavy atom. The Labute approximate surface area is 194 Å². The highest BCUT2D eigenvalue weighted by molar-refractivity contribution is 6.30. The highest BCUT2D eigenvalue weighted by Gasteiger charge is 2.39. The predicted molar refractivity (Wildman–Crippen MR) is 121 cm³/mol. The number of hydrogen-bond acceptors (Lipinski definition) is 5. The Morgan fingerprint density at radius 3 is 1.42 bits per heavy atom. The number of rotatable bonds is 6. The number of fused-ring (bicyclic) bond motifs is 2. The SMILES string of the molecule is O=C1c2ccccc2C(=O)N1CN(Cc1cccc(Cl)c1)CN1C(=O)c2ccccc2C1=O. The molecule has 3 aromatic rings. The van der Waals surface area contributed by atoms with E-state index in [9.17, 15) is 19.2 Å². The molecule has 0 aromatic heterocycles. The first kappa shape index (κ1) is 21.1. The normalized spacial score (nSPS) is 15.0. The van der Waals surface area contributed by atoms with E-state index >= 15 is 0 Å². The second-order valence-electron chi connectivity index (χ2n) is 7.91. The van der Waals surface area contributed by atoms with E-state index < -0.39 is 23.6 Å². The molecule has 2 heterocycles. The summed E-state index contributed by atoms with van der Waals surface area (Å²) in [6.45, 7) is 0.0832. The lowest BCUT2D eigenvalue weighted by atomic mass is 10.1. The summed E-state index contributed by atoms with van der Waals surface area (Å²) in [5.74, 6) is -1.63. The van der Waals surface area contributed by atoms with E-state index in [-0.39, 0.29) is 19.9 Å². The van der Waals surface area contributed by atoms with E-state index in [1.54, 1.807) is 71.6 Å². The molecular weight excluding hydrogens is 442 g/mol. The van der Waals surface area contributed by atoms with Gasteiger partial charge in [-0.15, -0.1) is 0 Å². The van der Waals surface area contributed by atoms with Crippen molar-refractivity contribution < 1.29 is 19.2 Å². The van der Waals surface area contributed by atoms with Gasteiger partial charge in [-0.25, -0.2) is 0 Å². The van der Waals surface area contributed by atoms with Crippen LogP contribution in [0.2, 0.25) is 5.02 Å². The van der Waals surface area contributed by atoms with Gasteiger partial charge in [0.2, 0.25) is 0 Å². The highest BCUT2D eigenvalue weighted by atomic mass is 35.5. The number of hydrogen-bond donors (Lipinski definition) is 0. The number of halogens is 1. The average molecular weight is 460 g/mol. The van der Waals surface area contributed by atoms with Gasteiger partial charge in [-0.05, 0) is 42.0 Å². The molecule has 2 aliphatic heterocycles. The Kier molecular flexibility index (Phi) is 5.28. The molecule has 2 aliphatic rings. The fraction of sp³-hybridized carbons (Fsp3) is 0.120. The summed E-state index contributed by atoms with van der Waals surface area (Å²) in [5, 5.41) is 0.536. The molecule has 164 valence electrons. The zero-order valence-electron chi connectivity index (χ0n) is 17.4. The third kappa shape index (κ3) is 3.71. The van der Waals surface area contributed by atoms with Gasteiger partial charge in [0.05, 0.1) is 35.6 Å². The van der Waals surface area contributed by atoms with Crippen molar-refractivity contribution in [3.8, 4) is 0 Å². The number of benzene rings is 3. The smallest absolute Gasteiger partial charge is 0.262 e. The molecule has 8 heteroatoms. The summed E-state index contributed by atoms with van der Waals surface area (Å²) in [6, 6.07) is 20.4. The van der Waals surface area contributed by atoms with Gasteiger partial charge in [-0.3, -0.25) is 33.9 Å². The third-order valence-corrected chi connectivity index (χ3v) is 5.97. The van der Waals surface area contributed by atoms with Gasteiger partial charge in [-0.1, -0.05) is 48.0 Å². The second-order valence-corrected chi connectivity index (χ2v) is 8.35. The van der Waals surface area contributed by atoms with Crippen molar-refractivity contribution in [2.45, 2.75) is 6.54 Å². The first-order valence-corrected chi connectivity index (χ1v) is 10.7. The van der Waals surface area contributed by atoms with Crippen molar-refractivity contribution in [1.82, 2.24) is 14.7 Å². The van der Waals surface area contributed by atoms with Crippen LogP contribution in [0.1, 0.15) is 47.0 Å². The zero-order valence-corrected chi connectivity index (χ0v) is 18.2. The van der Waals surface area contributed by atoms with Crippen molar-refractivity contribution in [2.24, 2.45) is 0 Å². The predicted octanol–water partition coefficient (Wildman–Crippen LogP) is 3.65. The maximum Gasteiger partial charge on any atom is 0.262 e. The molecule has 4 amide bonds. The van der Waals surface area contributed by atoms with Crippen LogP contribution in [0.5, 0.6) is 0 Å². The molecule has 0 unspecified atom stereocenters. The molecule has 7 nitrogen and oxygen atoms in total. The van der Waals surface area contributed by atoms with E-state index in [1.807, 2.05) is 6.07 Å². The number of imide groups is 2. The Hall–Kier alpha value is -3.81. The fourth-order valence-electron chi connectivity index (χ4n) is 4.17. The van der Waals surface area contributed by atoms with Crippen molar-refractivity contribution in [3.63, 3.8) is 0 Å². The number of carbonyl (C=O) groups excluding carboxylic acids is 4. The largest absolute Gasteiger partial charge is 0.269 e. The lowest BCUT2D eigenvalue weighted by Crippen LogP contribution is -2.47. The molecule has 0 aliphatic carbocycles. The van der Waals surface area contributed by atoms with Crippen LogP contribution in [0.15, 0.2) is 72.8 Å². The maximum absolute atomic E-state index is 12.9. The molecule has 0 N–H and O–H groups in total. The molecule has 5 rings (SSSR count). The molecule has 0 fully saturated rings. The van der Waals surface area contributed by atoms with Crippen LogP contribution >= 0.6 is 11.6 Å². The van der Waals surface area contributed by atoms with Crippen molar-refractivity contribution in [3.05, 3.63) is 106 Å². The van der Waals surface area contributed by atoms with E-state index in [0.717, 1.165) is 15.4 Å². The summed E-state index contributed by atoms with van der Waals surface area (Å²) in [5.41, 5.74) is 2.17. The molecular formula is C25H18ClN3O4. The molecule has 3 aromatic carbocycles. The standard InChI is InChI=1S/C25H18ClN3O4/c26-17-7-5-6-16(12-17)13-27(14-28-22(30)18-8-1-2-9-19(18)23(28)31)15-29-24(32)20-10-3-4-11-21(20)25(29)33/h1-12H,13-15H2. The quantitative estimate of drug-likeness (QED) is 0.526. The third-order valence-electron chi connectivity index (χ3n) is 5.73. The van der Waals surface area contributed by atoms with Gasteiger partial charge in [0, 0.05) is 11.6 Å². The fourth-order valence-corrected chi connectivity index (χ4v) is 4.39. The van der Waals surface area contributed by atoms with Crippen molar-refractivity contribution in [1.29, 1.82) is 0 Å². The van der Waals surface area contributed by atoms with Crippen LogP contribution in [0.4, 0.5) is 0 Å². The zero-order chi connectivity index (χ0) is 23.1. The van der Waals surface area contributed by atoms with Crippen molar-refractivity contribution >= 4 is 35.2 Å². The van der Waals surface area contributed by atoms with E-state index in [1.165, 1.54) is 0 Å². The molecule has 0 saturated carbocycles. The second kappa shape index (κ2) is 8.27. The average Bonchev–Trinajstić information content (AvgIpc) is 3.20. The minimum atomic E-state index is -0.408. The minimum absolute atomic E-state index is 0.0910. The number of amides is 4. The summed E-state index contributed by atoms with van der Waals surface area (Å²) < 4.78 is 0. The van der Waals surface area contributed by atoms with Crippen LogP contribution in [0.3, 0.4) is 0 Å². The summed E-state index contributed by atoms with van der Waals surface area (Å²) in [7, 11) is 0. The van der Waals surface area contributed by atoms with Crippen LogP contribution < -0.4 is 0 Å². The minimum Gasteiger partial charge on any atom is -0.269 e. The molecule has 0 radical (unpaired) electrons. The van der Waals surface area contributed by atoms with Crippen molar-refractivity contribution in [2.75, 3.05) is 13.3 Å². The molecule has 0 saturated heterocycles. The van der Waals surface area contributed by atoms with Gasteiger partial charge < -0.3 is 0 Å². The lowest BCUT2D eigenvalue weighted by Gasteiger charge is -2.30. The summed E-state index contributed by atoms with van der Waals surface area (Å²) in [6.07, 6.45) is 0. The number of nitrogens with zero attached hydrogens (tertiary/aromatic N) is 3. The number of carbonyl (C=O) groups is 4. The van der Waals surface area contributed by atoms with E-state index in [0.29, 0.717) is 27.3 Å². The Morgan fingerprint density at radius 1 is 0.606 bits per heavy atom. The van der Waals surface area contributed by atoms with E-state index in [4.69, 9.17) is 11.6 Å². The summed E-state index contributed by atoms with van der Waals surface area (Å²) >= 11 is 6.13. The Balaban J connectivity index is 1.43. The Bertz CT molecular complexity index is 1170. The van der Waals surface area contributed by atoms with Crippen LogP contribution in [0, 0.1) is 0 Å². The van der Waals surface area contributed by atoms with Gasteiger partial charge in [0.25, 0.3) is 23.6 Å². The molecule has 0 atom stereocenters. The van der Waals surface area contributed by atoms with Crippen LogP contribution in [-0.4, -0.2) is 51.7 Å². The first-order chi connectivity index (χ1) is 15.9. The highest BCUT2D eigenvalue weighted by Crippen LogP contribution is 2.26. The van der Waals surface area contributed by atoms with E-state index in [2.05, 4.69) is 0 Å².